The fourth-order valence-corrected chi connectivity index (χ4v) is 4.47. The minimum Gasteiger partial charge on any atom is -0.278 e. The van der Waals surface area contributed by atoms with E-state index in [1.54, 1.807) is 6.92 Å². The normalized spacial score (nSPS) is 11.5. The Kier molecular flexibility index (Phi) is 4.90. The van der Waals surface area contributed by atoms with E-state index in [0.29, 0.717) is 5.69 Å². The van der Waals surface area contributed by atoms with Gasteiger partial charge in [-0.15, -0.1) is 0 Å². The molecular formula is C12H8Cl4N2O2S. The number of aryl methyl sites for hydroxylation is 1. The Morgan fingerprint density at radius 2 is 1.62 bits per heavy atom. The third-order valence-electron chi connectivity index (χ3n) is 2.53. The zero-order chi connectivity index (χ0) is 15.8. The molecule has 0 aliphatic rings. The van der Waals surface area contributed by atoms with E-state index >= 15 is 0 Å². The van der Waals surface area contributed by atoms with Gasteiger partial charge < -0.3 is 0 Å². The second-order valence-corrected chi connectivity index (χ2v) is 7.33. The standard InChI is InChI=1S/C12H8Cl4N2O2S/c1-6-10(2-3-11(16)17-6)18-21(19,20)12-8(14)4-7(13)5-9(12)15/h2-5,18H,1H3. The van der Waals surface area contributed by atoms with Crippen LogP contribution >= 0.6 is 46.4 Å². The first kappa shape index (κ1) is 16.6. The molecule has 0 fully saturated rings. The number of benzene rings is 1. The van der Waals surface area contributed by atoms with Crippen molar-refractivity contribution >= 4 is 62.1 Å². The maximum Gasteiger partial charge on any atom is 0.264 e. The van der Waals surface area contributed by atoms with E-state index in [1.807, 2.05) is 0 Å². The van der Waals surface area contributed by atoms with E-state index in [-0.39, 0.29) is 30.8 Å². The quantitative estimate of drug-likeness (QED) is 0.771. The minimum absolute atomic E-state index is 0.0698. The van der Waals surface area contributed by atoms with Crippen LogP contribution in [0.1, 0.15) is 5.69 Å². The Morgan fingerprint density at radius 1 is 1.05 bits per heavy atom. The summed E-state index contributed by atoms with van der Waals surface area (Å²) in [5, 5.41) is 0.366. The summed E-state index contributed by atoms with van der Waals surface area (Å²) in [6.07, 6.45) is 0. The number of anilines is 1. The molecule has 0 saturated heterocycles. The molecule has 0 saturated carbocycles. The first-order valence-corrected chi connectivity index (χ1v) is 8.51. The summed E-state index contributed by atoms with van der Waals surface area (Å²) >= 11 is 23.3. The van der Waals surface area contributed by atoms with Crippen molar-refractivity contribution in [2.45, 2.75) is 11.8 Å². The predicted molar refractivity (Wildman–Crippen MR) is 86.3 cm³/mol. The molecule has 1 aromatic carbocycles. The molecule has 0 bridgehead atoms. The number of hydrogen-bond donors (Lipinski definition) is 1. The molecule has 0 aliphatic heterocycles. The summed E-state index contributed by atoms with van der Waals surface area (Å²) in [6.45, 7) is 1.62. The lowest BCUT2D eigenvalue weighted by Gasteiger charge is -2.12. The molecule has 0 aliphatic carbocycles. The fraction of sp³-hybridized carbons (Fsp3) is 0.0833. The minimum atomic E-state index is -3.98. The van der Waals surface area contributed by atoms with E-state index in [1.165, 1.54) is 24.3 Å². The first-order chi connectivity index (χ1) is 9.70. The number of halogens is 4. The Labute approximate surface area is 142 Å². The summed E-state index contributed by atoms with van der Waals surface area (Å²) < 4.78 is 27.2. The highest BCUT2D eigenvalue weighted by Gasteiger charge is 2.23. The number of nitrogens with one attached hydrogen (secondary N) is 1. The molecule has 1 N–H and O–H groups in total. The summed E-state index contributed by atoms with van der Waals surface area (Å²) in [4.78, 5) is 3.72. The lowest BCUT2D eigenvalue weighted by Crippen LogP contribution is -2.15. The smallest absolute Gasteiger partial charge is 0.264 e. The van der Waals surface area contributed by atoms with Crippen LogP contribution in [0.2, 0.25) is 20.2 Å². The van der Waals surface area contributed by atoms with E-state index in [9.17, 15) is 8.42 Å². The van der Waals surface area contributed by atoms with Crippen molar-refractivity contribution in [3.8, 4) is 0 Å². The summed E-state index contributed by atoms with van der Waals surface area (Å²) in [5.74, 6) is 0. The van der Waals surface area contributed by atoms with Crippen LogP contribution in [-0.2, 0) is 10.0 Å². The highest BCUT2D eigenvalue weighted by Crippen LogP contribution is 2.34. The average molecular weight is 386 g/mol. The molecule has 1 heterocycles. The van der Waals surface area contributed by atoms with Crippen LogP contribution < -0.4 is 4.72 Å². The molecule has 4 nitrogen and oxygen atoms in total. The Morgan fingerprint density at radius 3 is 2.14 bits per heavy atom. The number of rotatable bonds is 3. The Bertz CT molecular complexity index is 786. The second kappa shape index (κ2) is 6.18. The largest absolute Gasteiger partial charge is 0.278 e. The number of nitrogens with zero attached hydrogens (tertiary/aromatic N) is 1. The molecule has 2 aromatic rings. The lowest BCUT2D eigenvalue weighted by atomic mass is 10.3. The van der Waals surface area contributed by atoms with E-state index in [2.05, 4.69) is 9.71 Å². The molecule has 2 rings (SSSR count). The lowest BCUT2D eigenvalue weighted by molar-refractivity contribution is 0.601. The molecule has 21 heavy (non-hydrogen) atoms. The molecule has 0 amide bonds. The average Bonchev–Trinajstić information content (AvgIpc) is 2.30. The van der Waals surface area contributed by atoms with Crippen molar-refractivity contribution in [3.63, 3.8) is 0 Å². The summed E-state index contributed by atoms with van der Waals surface area (Å²) in [7, 11) is -3.98. The number of hydrogen-bond acceptors (Lipinski definition) is 3. The van der Waals surface area contributed by atoms with Gasteiger partial charge in [0.15, 0.2) is 0 Å². The molecule has 0 spiro atoms. The zero-order valence-electron chi connectivity index (χ0n) is 10.5. The van der Waals surface area contributed by atoms with Gasteiger partial charge in [0, 0.05) is 5.02 Å². The number of aromatic nitrogens is 1. The van der Waals surface area contributed by atoms with Gasteiger partial charge in [0.1, 0.15) is 10.0 Å². The van der Waals surface area contributed by atoms with Gasteiger partial charge in [-0.25, -0.2) is 13.4 Å². The zero-order valence-corrected chi connectivity index (χ0v) is 14.3. The molecule has 9 heteroatoms. The topological polar surface area (TPSA) is 59.1 Å². The highest BCUT2D eigenvalue weighted by molar-refractivity contribution is 7.93. The molecule has 0 atom stereocenters. The van der Waals surface area contributed by atoms with Crippen molar-refractivity contribution in [3.05, 3.63) is 50.2 Å². The van der Waals surface area contributed by atoms with E-state index in [0.717, 1.165) is 0 Å². The van der Waals surface area contributed by atoms with Crippen LogP contribution in [0.25, 0.3) is 0 Å². The highest BCUT2D eigenvalue weighted by atomic mass is 35.5. The SMILES string of the molecule is Cc1nc(Cl)ccc1NS(=O)(=O)c1c(Cl)cc(Cl)cc1Cl. The third-order valence-corrected chi connectivity index (χ3v) is 5.24. The molecule has 0 radical (unpaired) electrons. The maximum absolute atomic E-state index is 12.4. The van der Waals surface area contributed by atoms with Crippen LogP contribution in [0, 0.1) is 6.92 Å². The summed E-state index contributed by atoms with van der Waals surface area (Å²) in [6, 6.07) is 5.57. The Balaban J connectivity index is 2.48. The van der Waals surface area contributed by atoms with Crippen LogP contribution in [0.5, 0.6) is 0 Å². The van der Waals surface area contributed by atoms with Gasteiger partial charge in [0.05, 0.1) is 21.4 Å². The van der Waals surface area contributed by atoms with Crippen molar-refractivity contribution in [1.29, 1.82) is 0 Å². The van der Waals surface area contributed by atoms with E-state index in [4.69, 9.17) is 46.4 Å². The maximum atomic E-state index is 12.4. The molecular weight excluding hydrogens is 378 g/mol. The van der Waals surface area contributed by atoms with Crippen LogP contribution in [-0.4, -0.2) is 13.4 Å². The van der Waals surface area contributed by atoms with Gasteiger partial charge in [-0.3, -0.25) is 4.72 Å². The summed E-state index contributed by atoms with van der Waals surface area (Å²) in [5.41, 5.74) is 0.703. The fourth-order valence-electron chi connectivity index (χ4n) is 1.62. The molecule has 112 valence electrons. The van der Waals surface area contributed by atoms with Gasteiger partial charge >= 0.3 is 0 Å². The predicted octanol–water partition coefficient (Wildman–Crippen LogP) is 4.80. The van der Waals surface area contributed by atoms with Gasteiger partial charge in [-0.2, -0.15) is 0 Å². The number of pyridine rings is 1. The monoisotopic (exact) mass is 384 g/mol. The van der Waals surface area contributed by atoms with Crippen molar-refractivity contribution in [2.24, 2.45) is 0 Å². The van der Waals surface area contributed by atoms with Gasteiger partial charge in [-0.1, -0.05) is 46.4 Å². The Hall–Kier alpha value is -0.720. The van der Waals surface area contributed by atoms with Gasteiger partial charge in [0.2, 0.25) is 0 Å². The van der Waals surface area contributed by atoms with E-state index < -0.39 is 10.0 Å². The van der Waals surface area contributed by atoms with Crippen molar-refractivity contribution < 1.29 is 8.42 Å². The van der Waals surface area contributed by atoms with Crippen molar-refractivity contribution in [2.75, 3.05) is 4.72 Å². The molecule has 1 aromatic heterocycles. The number of sulfonamides is 1. The molecule has 0 unspecified atom stereocenters. The third kappa shape index (κ3) is 3.73. The van der Waals surface area contributed by atoms with Gasteiger partial charge in [0.25, 0.3) is 10.0 Å². The van der Waals surface area contributed by atoms with Crippen molar-refractivity contribution in [1.82, 2.24) is 4.98 Å². The van der Waals surface area contributed by atoms with Crippen LogP contribution in [0.15, 0.2) is 29.2 Å². The second-order valence-electron chi connectivity index (χ2n) is 4.07. The van der Waals surface area contributed by atoms with Gasteiger partial charge in [-0.05, 0) is 31.2 Å². The van der Waals surface area contributed by atoms with Crippen LogP contribution in [0.4, 0.5) is 5.69 Å². The van der Waals surface area contributed by atoms with Crippen LogP contribution in [0.3, 0.4) is 0 Å². The first-order valence-electron chi connectivity index (χ1n) is 5.51.